The Morgan fingerprint density at radius 3 is 2.12 bits per heavy atom. The summed E-state index contributed by atoms with van der Waals surface area (Å²) >= 11 is 0. The van der Waals surface area contributed by atoms with Gasteiger partial charge in [-0.1, -0.05) is 57.4 Å². The molecule has 0 amide bonds. The number of carbonyl (C=O) groups is 2. The molecular weight excluding hydrogens is 740 g/mol. The molecule has 2 aliphatic heterocycles. The lowest BCUT2D eigenvalue weighted by Gasteiger charge is -2.71. The first-order chi connectivity index (χ1) is 26.6. The molecule has 5 aliphatic carbocycles. The molecule has 3 saturated carbocycles. The fourth-order valence-corrected chi connectivity index (χ4v) is 13.5. The quantitative estimate of drug-likeness (QED) is 0.117. The second kappa shape index (κ2) is 14.9. The monoisotopic (exact) mass is 806 g/mol. The summed E-state index contributed by atoms with van der Waals surface area (Å²) in [5, 5.41) is 73.3. The van der Waals surface area contributed by atoms with Crippen molar-refractivity contribution >= 4 is 11.9 Å². The first kappa shape index (κ1) is 43.1. The van der Waals surface area contributed by atoms with Crippen LogP contribution < -0.4 is 0 Å². The van der Waals surface area contributed by atoms with Crippen LogP contribution in [0.5, 0.6) is 0 Å². The van der Waals surface area contributed by atoms with E-state index in [-0.39, 0.29) is 39.6 Å². The van der Waals surface area contributed by atoms with Crippen molar-refractivity contribution in [3.05, 3.63) is 22.8 Å². The SMILES string of the molecule is COC(=O)[C@H]1O[C@@H](O[C@H]2CC[C@]3(C)[C@H]4CC=C5[C@@H]6C(C)=C(C)CC[C@]6(C(=O)O[C@@H]6O[C@H](CO)[C@@H](O)[C@H](O)[C@H]6O)CC[C@@]5(C)[C@]4(C)CC[C@H]3C2(C)C)[C@H](O)[C@@H](O)[C@@H]1O. The molecule has 2 heterocycles. The van der Waals surface area contributed by atoms with Gasteiger partial charge in [-0.05, 0) is 105 Å². The minimum absolute atomic E-state index is 0.0956. The van der Waals surface area contributed by atoms with Gasteiger partial charge in [0.1, 0.15) is 42.7 Å². The van der Waals surface area contributed by atoms with Crippen molar-refractivity contribution in [1.29, 1.82) is 0 Å². The summed E-state index contributed by atoms with van der Waals surface area (Å²) in [6, 6.07) is 0. The van der Waals surface area contributed by atoms with Crippen LogP contribution in [0.2, 0.25) is 0 Å². The highest BCUT2D eigenvalue weighted by molar-refractivity contribution is 5.80. The number of ether oxygens (including phenoxy) is 5. The molecule has 7 N–H and O–H groups in total. The van der Waals surface area contributed by atoms with E-state index in [1.807, 2.05) is 0 Å². The van der Waals surface area contributed by atoms with Crippen LogP contribution in [-0.2, 0) is 33.3 Å². The predicted octanol–water partition coefficient (Wildman–Crippen LogP) is 2.42. The van der Waals surface area contributed by atoms with Crippen molar-refractivity contribution in [1.82, 2.24) is 0 Å². The zero-order chi connectivity index (χ0) is 41.8. The molecule has 0 radical (unpaired) electrons. The van der Waals surface area contributed by atoms with Crippen molar-refractivity contribution in [3.8, 4) is 0 Å². The second-order valence-electron chi connectivity index (χ2n) is 19.9. The van der Waals surface area contributed by atoms with Crippen LogP contribution in [0.15, 0.2) is 22.8 Å². The summed E-state index contributed by atoms with van der Waals surface area (Å²) in [6.45, 7) is 15.3. The molecule has 322 valence electrons. The molecule has 7 rings (SSSR count). The topological polar surface area (TPSA) is 222 Å². The van der Waals surface area contributed by atoms with Crippen LogP contribution in [0.1, 0.15) is 106 Å². The third kappa shape index (κ3) is 6.24. The highest BCUT2D eigenvalue weighted by Gasteiger charge is 2.70. The fraction of sp³-hybridized carbons (Fsp3) is 0.860. The molecule has 0 aromatic rings. The smallest absolute Gasteiger partial charge is 0.337 e. The van der Waals surface area contributed by atoms with Gasteiger partial charge >= 0.3 is 11.9 Å². The molecule has 18 atom stereocenters. The summed E-state index contributed by atoms with van der Waals surface area (Å²) < 4.78 is 28.6. The van der Waals surface area contributed by atoms with E-state index in [1.165, 1.54) is 11.1 Å². The number of hydrogen-bond donors (Lipinski definition) is 7. The van der Waals surface area contributed by atoms with E-state index >= 15 is 0 Å². The van der Waals surface area contributed by atoms with Crippen LogP contribution >= 0.6 is 0 Å². The average Bonchev–Trinajstić information content (AvgIpc) is 3.17. The third-order valence-electron chi connectivity index (χ3n) is 17.2. The number of aliphatic hydroxyl groups is 7. The Morgan fingerprint density at radius 2 is 1.46 bits per heavy atom. The zero-order valence-corrected chi connectivity index (χ0v) is 34.7. The standard InChI is InChI=1S/C43H66O14/c1-20-11-16-43(38(52)57-36-32(49)29(46)28(45)23(19-44)54-36)18-17-41(6)22(27(43)21(20)2)9-10-25-40(5)14-13-26(39(3,4)24(40)12-15-42(25,41)7)55-37-33(50)30(47)31(48)34(56-37)35(51)53-8/h9,23-34,36-37,44-50H,10-19H2,1-8H3/t23-,24+,25-,26+,27+,28-,29+,30+,31+,32-,33-,34+,36+,37-,40+,41-,42-,43+/m1/s1. The number of aliphatic hydroxyl groups excluding tert-OH is 7. The maximum Gasteiger partial charge on any atom is 0.337 e. The maximum atomic E-state index is 14.6. The van der Waals surface area contributed by atoms with Gasteiger partial charge in [-0.2, -0.15) is 0 Å². The van der Waals surface area contributed by atoms with E-state index in [0.717, 1.165) is 51.2 Å². The Balaban J connectivity index is 1.16. The number of fused-ring (bicyclic) bond motifs is 7. The molecule has 2 saturated heterocycles. The molecule has 0 spiro atoms. The van der Waals surface area contributed by atoms with E-state index < -0.39 is 85.4 Å². The first-order valence-corrected chi connectivity index (χ1v) is 21.0. The summed E-state index contributed by atoms with van der Waals surface area (Å²) in [5.74, 6) is -1.06. The Labute approximate surface area is 335 Å². The number of methoxy groups -OCH3 is 1. The van der Waals surface area contributed by atoms with Crippen LogP contribution in [0, 0.1) is 44.8 Å². The van der Waals surface area contributed by atoms with Gasteiger partial charge in [-0.25, -0.2) is 4.79 Å². The predicted molar refractivity (Wildman–Crippen MR) is 202 cm³/mol. The summed E-state index contributed by atoms with van der Waals surface area (Å²) in [4.78, 5) is 27.0. The van der Waals surface area contributed by atoms with E-state index in [4.69, 9.17) is 23.7 Å². The van der Waals surface area contributed by atoms with Crippen molar-refractivity contribution in [2.24, 2.45) is 44.8 Å². The number of allylic oxidation sites excluding steroid dienone is 4. The van der Waals surface area contributed by atoms with Gasteiger partial charge in [0.2, 0.25) is 6.29 Å². The van der Waals surface area contributed by atoms with Crippen molar-refractivity contribution in [3.63, 3.8) is 0 Å². The van der Waals surface area contributed by atoms with Crippen molar-refractivity contribution in [2.45, 2.75) is 174 Å². The number of hydrogen-bond acceptors (Lipinski definition) is 14. The largest absolute Gasteiger partial charge is 0.467 e. The lowest BCUT2D eigenvalue weighted by Crippen LogP contribution is -2.66. The van der Waals surface area contributed by atoms with Gasteiger partial charge < -0.3 is 59.4 Å². The van der Waals surface area contributed by atoms with Crippen LogP contribution in [0.25, 0.3) is 0 Å². The molecule has 14 heteroatoms. The van der Waals surface area contributed by atoms with E-state index in [1.54, 1.807) is 0 Å². The molecule has 0 unspecified atom stereocenters. The van der Waals surface area contributed by atoms with Crippen LogP contribution in [0.3, 0.4) is 0 Å². The highest BCUT2D eigenvalue weighted by Crippen LogP contribution is 2.75. The van der Waals surface area contributed by atoms with Gasteiger partial charge in [0.25, 0.3) is 0 Å². The minimum Gasteiger partial charge on any atom is -0.467 e. The Kier molecular flexibility index (Phi) is 11.3. The number of carbonyl (C=O) groups excluding carboxylic acids is 2. The van der Waals surface area contributed by atoms with Gasteiger partial charge in [0, 0.05) is 5.92 Å². The second-order valence-corrected chi connectivity index (χ2v) is 19.9. The van der Waals surface area contributed by atoms with Gasteiger partial charge in [-0.15, -0.1) is 0 Å². The Hall–Kier alpha value is -1.98. The average molecular weight is 807 g/mol. The Bertz CT molecular complexity index is 1640. The molecule has 0 aromatic carbocycles. The lowest BCUT2D eigenvalue weighted by molar-refractivity contribution is -0.324. The van der Waals surface area contributed by atoms with E-state index in [9.17, 15) is 45.3 Å². The first-order valence-electron chi connectivity index (χ1n) is 21.0. The van der Waals surface area contributed by atoms with Gasteiger partial charge in [0.15, 0.2) is 12.4 Å². The molecule has 57 heavy (non-hydrogen) atoms. The maximum absolute atomic E-state index is 14.6. The summed E-state index contributed by atoms with van der Waals surface area (Å²) in [7, 11) is 1.16. The molecular formula is C43H66O14. The van der Waals surface area contributed by atoms with Gasteiger partial charge in [0.05, 0.1) is 25.2 Å². The fourth-order valence-electron chi connectivity index (χ4n) is 13.5. The van der Waals surface area contributed by atoms with Crippen molar-refractivity contribution in [2.75, 3.05) is 13.7 Å². The number of rotatable bonds is 6. The van der Waals surface area contributed by atoms with Crippen LogP contribution in [0.4, 0.5) is 0 Å². The molecule has 7 aliphatic rings. The molecule has 14 nitrogen and oxygen atoms in total. The summed E-state index contributed by atoms with van der Waals surface area (Å²) in [5.41, 5.74) is 1.89. The van der Waals surface area contributed by atoms with Crippen LogP contribution in [-0.4, -0.2) is 129 Å². The van der Waals surface area contributed by atoms with Gasteiger partial charge in [-0.3, -0.25) is 4.79 Å². The minimum atomic E-state index is -1.68. The molecule has 5 fully saturated rings. The third-order valence-corrected chi connectivity index (χ3v) is 17.2. The normalized spacial score (nSPS) is 50.7. The molecule has 0 aromatic heterocycles. The van der Waals surface area contributed by atoms with Crippen molar-refractivity contribution < 1.29 is 69.0 Å². The lowest BCUT2D eigenvalue weighted by atomic mass is 9.34. The van der Waals surface area contributed by atoms with E-state index in [0.29, 0.717) is 25.2 Å². The Morgan fingerprint density at radius 1 is 0.789 bits per heavy atom. The summed E-state index contributed by atoms with van der Waals surface area (Å²) in [6.07, 6.45) is -6.49. The highest BCUT2D eigenvalue weighted by atomic mass is 16.7. The van der Waals surface area contributed by atoms with E-state index in [2.05, 4.69) is 54.5 Å². The number of esters is 2. The zero-order valence-electron chi connectivity index (χ0n) is 34.7. The molecule has 0 bridgehead atoms.